The summed E-state index contributed by atoms with van der Waals surface area (Å²) in [5.74, 6) is -0.266. The second-order valence-corrected chi connectivity index (χ2v) is 3.66. The molecule has 0 aromatic rings. The molecule has 1 aliphatic heterocycles. The lowest BCUT2D eigenvalue weighted by Gasteiger charge is -2.32. The molecule has 3 N–H and O–H groups in total. The molecule has 0 bridgehead atoms. The topological polar surface area (TPSA) is 69.9 Å². The zero-order chi connectivity index (χ0) is 8.72. The Kier molecular flexibility index (Phi) is 2.08. The first-order chi connectivity index (χ1) is 5.70. The van der Waals surface area contributed by atoms with Crippen molar-refractivity contribution >= 4 is 0 Å². The molecule has 12 heavy (non-hydrogen) atoms. The van der Waals surface area contributed by atoms with Gasteiger partial charge in [-0.25, -0.2) is 0 Å². The monoisotopic (exact) mass is 174 g/mol. The minimum absolute atomic E-state index is 0.0174. The lowest BCUT2D eigenvalue weighted by Crippen LogP contribution is -2.40. The van der Waals surface area contributed by atoms with Crippen LogP contribution >= 0.6 is 0 Å². The van der Waals surface area contributed by atoms with E-state index in [0.29, 0.717) is 13.0 Å². The van der Waals surface area contributed by atoms with Gasteiger partial charge < -0.3 is 20.1 Å². The second kappa shape index (κ2) is 2.96. The molecule has 5 atom stereocenters. The predicted octanol–water partition coefficient (Wildman–Crippen LogP) is -0.917. The van der Waals surface area contributed by atoms with Crippen LogP contribution in [0.5, 0.6) is 0 Å². The van der Waals surface area contributed by atoms with Gasteiger partial charge in [0.25, 0.3) is 0 Å². The lowest BCUT2D eigenvalue weighted by atomic mass is 9.88. The van der Waals surface area contributed by atoms with Crippen LogP contribution in [0, 0.1) is 11.8 Å². The quantitative estimate of drug-likeness (QED) is 0.444. The van der Waals surface area contributed by atoms with Crippen molar-refractivity contribution in [3.63, 3.8) is 0 Å². The normalized spacial score (nSPS) is 53.8. The first-order valence-corrected chi connectivity index (χ1v) is 4.36. The van der Waals surface area contributed by atoms with Gasteiger partial charge in [-0.3, -0.25) is 0 Å². The van der Waals surface area contributed by atoms with E-state index >= 15 is 0 Å². The molecule has 0 radical (unpaired) electrons. The van der Waals surface area contributed by atoms with E-state index in [-0.39, 0.29) is 11.8 Å². The summed E-state index contributed by atoms with van der Waals surface area (Å²) in [4.78, 5) is 0. The molecule has 0 unspecified atom stereocenters. The van der Waals surface area contributed by atoms with Gasteiger partial charge in [-0.05, 0) is 18.8 Å². The van der Waals surface area contributed by atoms with Gasteiger partial charge in [0, 0.05) is 5.92 Å². The SMILES string of the molecule is O[C@@H]1C[C@H](O)[C@@H]2[C@H]1CCO[C@H]2O. The summed E-state index contributed by atoms with van der Waals surface area (Å²) in [6.07, 6.45) is -0.866. The number of ether oxygens (including phenoxy) is 1. The van der Waals surface area contributed by atoms with Crippen LogP contribution in [0.3, 0.4) is 0 Å². The first-order valence-electron chi connectivity index (χ1n) is 4.36. The van der Waals surface area contributed by atoms with Gasteiger partial charge in [0.1, 0.15) is 0 Å². The standard InChI is InChI=1S/C8H14O4/c9-5-3-6(10)7-4(5)1-2-12-8(7)11/h4-11H,1-3H2/t4-,5+,6-,7-,8+/m0/s1. The summed E-state index contributed by atoms with van der Waals surface area (Å²) in [5, 5.41) is 28.3. The van der Waals surface area contributed by atoms with Gasteiger partial charge in [-0.15, -0.1) is 0 Å². The van der Waals surface area contributed by atoms with E-state index < -0.39 is 18.5 Å². The highest BCUT2D eigenvalue weighted by molar-refractivity contribution is 4.93. The van der Waals surface area contributed by atoms with Gasteiger partial charge in [0.05, 0.1) is 18.8 Å². The Balaban J connectivity index is 2.13. The summed E-state index contributed by atoms with van der Waals surface area (Å²) >= 11 is 0. The molecule has 2 fully saturated rings. The van der Waals surface area contributed by atoms with E-state index in [1.54, 1.807) is 0 Å². The van der Waals surface area contributed by atoms with Gasteiger partial charge in [0.15, 0.2) is 6.29 Å². The highest BCUT2D eigenvalue weighted by atomic mass is 16.6. The van der Waals surface area contributed by atoms with Crippen LogP contribution in [0.15, 0.2) is 0 Å². The third-order valence-electron chi connectivity index (χ3n) is 2.98. The Bertz CT molecular complexity index is 168. The Labute approximate surface area is 70.8 Å². The van der Waals surface area contributed by atoms with Gasteiger partial charge >= 0.3 is 0 Å². The molecule has 4 heteroatoms. The summed E-state index contributed by atoms with van der Waals surface area (Å²) in [5.41, 5.74) is 0. The van der Waals surface area contributed by atoms with Crippen molar-refractivity contribution in [1.82, 2.24) is 0 Å². The molecule has 0 aromatic heterocycles. The van der Waals surface area contributed by atoms with Crippen LogP contribution in [0.2, 0.25) is 0 Å². The van der Waals surface area contributed by atoms with E-state index in [4.69, 9.17) is 4.74 Å². The van der Waals surface area contributed by atoms with Crippen molar-refractivity contribution in [1.29, 1.82) is 0 Å². The zero-order valence-corrected chi connectivity index (χ0v) is 6.76. The number of fused-ring (bicyclic) bond motifs is 1. The third-order valence-corrected chi connectivity index (χ3v) is 2.98. The van der Waals surface area contributed by atoms with Crippen LogP contribution in [0.1, 0.15) is 12.8 Å². The Hall–Kier alpha value is -0.160. The molecular formula is C8H14O4. The van der Waals surface area contributed by atoms with Crippen molar-refractivity contribution in [3.05, 3.63) is 0 Å². The molecular weight excluding hydrogens is 160 g/mol. The minimum atomic E-state index is -0.893. The van der Waals surface area contributed by atoms with Crippen molar-refractivity contribution in [3.8, 4) is 0 Å². The molecule has 1 aliphatic carbocycles. The Morgan fingerprint density at radius 1 is 1.08 bits per heavy atom. The van der Waals surface area contributed by atoms with Crippen LogP contribution in [0.25, 0.3) is 0 Å². The molecule has 4 nitrogen and oxygen atoms in total. The maximum absolute atomic E-state index is 9.49. The van der Waals surface area contributed by atoms with Crippen LogP contribution < -0.4 is 0 Å². The van der Waals surface area contributed by atoms with Crippen molar-refractivity contribution < 1.29 is 20.1 Å². The van der Waals surface area contributed by atoms with Crippen LogP contribution in [-0.4, -0.2) is 40.4 Å². The van der Waals surface area contributed by atoms with Gasteiger partial charge in [0.2, 0.25) is 0 Å². The largest absolute Gasteiger partial charge is 0.393 e. The first kappa shape index (κ1) is 8.44. The average Bonchev–Trinajstić information content (AvgIpc) is 2.29. The maximum Gasteiger partial charge on any atom is 0.160 e. The van der Waals surface area contributed by atoms with E-state index in [1.807, 2.05) is 0 Å². The lowest BCUT2D eigenvalue weighted by molar-refractivity contribution is -0.192. The summed E-state index contributed by atoms with van der Waals surface area (Å²) in [7, 11) is 0. The van der Waals surface area contributed by atoms with E-state index in [1.165, 1.54) is 0 Å². The van der Waals surface area contributed by atoms with Crippen molar-refractivity contribution in [2.45, 2.75) is 31.3 Å². The molecule has 2 aliphatic rings. The van der Waals surface area contributed by atoms with Gasteiger partial charge in [-0.1, -0.05) is 0 Å². The van der Waals surface area contributed by atoms with Gasteiger partial charge in [-0.2, -0.15) is 0 Å². The third kappa shape index (κ3) is 1.15. The van der Waals surface area contributed by atoms with Crippen molar-refractivity contribution in [2.75, 3.05) is 6.61 Å². The summed E-state index contributed by atoms with van der Waals surface area (Å²) in [6.45, 7) is 0.478. The Morgan fingerprint density at radius 3 is 2.50 bits per heavy atom. The summed E-state index contributed by atoms with van der Waals surface area (Å²) in [6, 6.07) is 0. The molecule has 1 saturated heterocycles. The molecule has 1 saturated carbocycles. The fraction of sp³-hybridized carbons (Fsp3) is 1.00. The minimum Gasteiger partial charge on any atom is -0.393 e. The molecule has 1 heterocycles. The molecule has 2 rings (SSSR count). The van der Waals surface area contributed by atoms with Crippen LogP contribution in [-0.2, 0) is 4.74 Å². The van der Waals surface area contributed by atoms with E-state index in [2.05, 4.69) is 0 Å². The smallest absolute Gasteiger partial charge is 0.160 e. The second-order valence-electron chi connectivity index (χ2n) is 3.66. The number of rotatable bonds is 0. The number of hydrogen-bond donors (Lipinski definition) is 3. The Morgan fingerprint density at radius 2 is 1.83 bits per heavy atom. The molecule has 0 spiro atoms. The summed E-state index contributed by atoms with van der Waals surface area (Å²) < 4.78 is 4.99. The van der Waals surface area contributed by atoms with Crippen LogP contribution in [0.4, 0.5) is 0 Å². The maximum atomic E-state index is 9.49. The average molecular weight is 174 g/mol. The number of aliphatic hydroxyl groups is 3. The fourth-order valence-corrected chi connectivity index (χ4v) is 2.34. The predicted molar refractivity (Wildman–Crippen MR) is 40.2 cm³/mol. The molecule has 0 aromatic carbocycles. The zero-order valence-electron chi connectivity index (χ0n) is 6.76. The number of aliphatic hydroxyl groups excluding tert-OH is 3. The highest BCUT2D eigenvalue weighted by Crippen LogP contribution is 2.39. The van der Waals surface area contributed by atoms with E-state index in [9.17, 15) is 15.3 Å². The van der Waals surface area contributed by atoms with Crippen molar-refractivity contribution in [2.24, 2.45) is 11.8 Å². The number of hydrogen-bond acceptors (Lipinski definition) is 4. The molecule has 70 valence electrons. The molecule has 0 amide bonds. The highest BCUT2D eigenvalue weighted by Gasteiger charge is 2.47. The van der Waals surface area contributed by atoms with E-state index in [0.717, 1.165) is 6.42 Å². The fourth-order valence-electron chi connectivity index (χ4n) is 2.34.